The van der Waals surface area contributed by atoms with Crippen LogP contribution in [0.1, 0.15) is 70.6 Å². The number of hydrazone groups is 1. The second-order valence-corrected chi connectivity index (χ2v) is 9.58. The van der Waals surface area contributed by atoms with Crippen LogP contribution in [0, 0.1) is 23.2 Å². The molecular formula is C21H29ClFN3. The number of nitrogens with zero attached hydrogens (tertiary/aromatic N) is 2. The van der Waals surface area contributed by atoms with Crippen LogP contribution in [-0.4, -0.2) is 23.8 Å². The second-order valence-electron chi connectivity index (χ2n) is 9.10. The third-order valence-electron chi connectivity index (χ3n) is 7.39. The Hall–Kier alpha value is -0.900. The van der Waals surface area contributed by atoms with Crippen molar-refractivity contribution in [2.75, 3.05) is 0 Å². The molecule has 0 amide bonds. The summed E-state index contributed by atoms with van der Waals surface area (Å²) in [5.74, 6) is 2.23. The Labute approximate surface area is 160 Å². The highest BCUT2D eigenvalue weighted by atomic mass is 35.5. The number of amidine groups is 1. The molecule has 1 N–H and O–H groups in total. The molecule has 1 heterocycles. The van der Waals surface area contributed by atoms with Gasteiger partial charge in [-0.15, -0.1) is 0 Å². The molecule has 142 valence electrons. The third-order valence-corrected chi connectivity index (χ3v) is 7.73. The number of rotatable bonds is 4. The Kier molecular flexibility index (Phi) is 4.38. The van der Waals surface area contributed by atoms with Gasteiger partial charge in [0.1, 0.15) is 6.17 Å². The quantitative estimate of drug-likeness (QED) is 0.704. The SMILES string of the molecule is FC1CCCCC1C1NN=C(C2([C@@H]3CC=C(Cl)CC3)CC2)N=C1C1CC1. The number of halogens is 2. The predicted molar refractivity (Wildman–Crippen MR) is 104 cm³/mol. The van der Waals surface area contributed by atoms with Gasteiger partial charge in [-0.25, -0.2) is 9.38 Å². The third kappa shape index (κ3) is 3.02. The lowest BCUT2D eigenvalue weighted by Gasteiger charge is -2.37. The molecule has 3 unspecified atom stereocenters. The topological polar surface area (TPSA) is 36.8 Å². The van der Waals surface area contributed by atoms with Crippen LogP contribution < -0.4 is 5.43 Å². The van der Waals surface area contributed by atoms with Gasteiger partial charge in [0.05, 0.1) is 6.04 Å². The summed E-state index contributed by atoms with van der Waals surface area (Å²) in [7, 11) is 0. The first-order valence-corrected chi connectivity index (χ1v) is 11.0. The Morgan fingerprint density at radius 2 is 1.92 bits per heavy atom. The van der Waals surface area contributed by atoms with Crippen molar-refractivity contribution in [3.8, 4) is 0 Å². The molecule has 0 saturated heterocycles. The first kappa shape index (κ1) is 17.2. The van der Waals surface area contributed by atoms with Crippen molar-refractivity contribution >= 4 is 23.1 Å². The molecule has 5 heteroatoms. The van der Waals surface area contributed by atoms with Crippen molar-refractivity contribution < 1.29 is 4.39 Å². The number of alkyl halides is 1. The minimum absolute atomic E-state index is 0.0260. The minimum Gasteiger partial charge on any atom is -0.299 e. The molecule has 0 spiro atoms. The van der Waals surface area contributed by atoms with E-state index in [2.05, 4.69) is 11.5 Å². The molecule has 3 fully saturated rings. The zero-order valence-electron chi connectivity index (χ0n) is 15.4. The summed E-state index contributed by atoms with van der Waals surface area (Å²) in [6.45, 7) is 0. The largest absolute Gasteiger partial charge is 0.299 e. The molecule has 0 aromatic heterocycles. The van der Waals surface area contributed by atoms with Crippen molar-refractivity contribution in [2.24, 2.45) is 33.3 Å². The second kappa shape index (κ2) is 6.61. The van der Waals surface area contributed by atoms with Crippen LogP contribution in [0.25, 0.3) is 0 Å². The average Bonchev–Trinajstić information content (AvgIpc) is 3.56. The van der Waals surface area contributed by atoms with Crippen molar-refractivity contribution in [1.82, 2.24) is 5.43 Å². The van der Waals surface area contributed by atoms with Gasteiger partial charge in [-0.3, -0.25) is 5.43 Å². The molecule has 1 aliphatic heterocycles. The van der Waals surface area contributed by atoms with E-state index in [4.69, 9.17) is 21.7 Å². The molecule has 4 aliphatic carbocycles. The van der Waals surface area contributed by atoms with Crippen molar-refractivity contribution in [3.63, 3.8) is 0 Å². The maximum absolute atomic E-state index is 14.6. The fraction of sp³-hybridized carbons (Fsp3) is 0.810. The molecule has 26 heavy (non-hydrogen) atoms. The lowest BCUT2D eigenvalue weighted by atomic mass is 9.78. The first-order chi connectivity index (χ1) is 12.7. The van der Waals surface area contributed by atoms with E-state index in [1.165, 1.54) is 31.4 Å². The predicted octanol–water partition coefficient (Wildman–Crippen LogP) is 5.35. The molecule has 3 saturated carbocycles. The lowest BCUT2D eigenvalue weighted by molar-refractivity contribution is 0.147. The van der Waals surface area contributed by atoms with Crippen LogP contribution in [0.5, 0.6) is 0 Å². The Balaban J connectivity index is 1.38. The molecule has 0 aromatic carbocycles. The fourth-order valence-electron chi connectivity index (χ4n) is 5.42. The zero-order chi connectivity index (χ0) is 17.7. The number of aliphatic imine (C=N–C) groups is 1. The van der Waals surface area contributed by atoms with Crippen molar-refractivity contribution in [1.29, 1.82) is 0 Å². The Morgan fingerprint density at radius 1 is 1.12 bits per heavy atom. The van der Waals surface area contributed by atoms with E-state index in [1.54, 1.807) is 0 Å². The van der Waals surface area contributed by atoms with Gasteiger partial charge in [-0.1, -0.05) is 30.5 Å². The molecule has 0 bridgehead atoms. The van der Waals surface area contributed by atoms with E-state index >= 15 is 0 Å². The number of allylic oxidation sites excluding steroid dienone is 2. The summed E-state index contributed by atoms with van der Waals surface area (Å²) >= 11 is 6.19. The van der Waals surface area contributed by atoms with Gasteiger partial charge in [0.25, 0.3) is 0 Å². The summed E-state index contributed by atoms with van der Waals surface area (Å²) in [6, 6.07) is 0.0260. The van der Waals surface area contributed by atoms with Crippen LogP contribution in [0.4, 0.5) is 4.39 Å². The molecule has 0 radical (unpaired) electrons. The van der Waals surface area contributed by atoms with Crippen LogP contribution in [-0.2, 0) is 0 Å². The summed E-state index contributed by atoms with van der Waals surface area (Å²) in [4.78, 5) is 5.15. The van der Waals surface area contributed by atoms with E-state index in [1.807, 2.05) is 0 Å². The monoisotopic (exact) mass is 377 g/mol. The van der Waals surface area contributed by atoms with Crippen LogP contribution >= 0.6 is 11.6 Å². The summed E-state index contributed by atoms with van der Waals surface area (Å²) < 4.78 is 14.6. The molecule has 3 nitrogen and oxygen atoms in total. The maximum Gasteiger partial charge on any atom is 0.154 e. The number of nitrogens with one attached hydrogen (secondary N) is 1. The summed E-state index contributed by atoms with van der Waals surface area (Å²) in [5.41, 5.74) is 4.78. The standard InChI is InChI=1S/C21H29ClFN3/c22-15-9-7-14(8-10-15)21(11-12-21)20-24-18(13-5-6-13)19(25-26-20)16-3-1-2-4-17(16)23/h9,13-14,16-17,19,25H,1-8,10-12H2/t14-,16?,17?,19?/m1/s1. The van der Waals surface area contributed by atoms with E-state index in [0.717, 1.165) is 49.4 Å². The van der Waals surface area contributed by atoms with Crippen LogP contribution in [0.2, 0.25) is 0 Å². The van der Waals surface area contributed by atoms with E-state index < -0.39 is 6.17 Å². The molecule has 5 aliphatic rings. The highest BCUT2D eigenvalue weighted by Crippen LogP contribution is 2.58. The van der Waals surface area contributed by atoms with Gasteiger partial charge in [-0.2, -0.15) is 5.10 Å². The molecule has 5 rings (SSSR count). The van der Waals surface area contributed by atoms with E-state index in [-0.39, 0.29) is 17.4 Å². The first-order valence-electron chi connectivity index (χ1n) is 10.6. The van der Waals surface area contributed by atoms with Gasteiger partial charge < -0.3 is 0 Å². The van der Waals surface area contributed by atoms with E-state index in [0.29, 0.717) is 18.3 Å². The Bertz CT molecular complexity index is 662. The molecule has 4 atom stereocenters. The van der Waals surface area contributed by atoms with Crippen molar-refractivity contribution in [3.05, 3.63) is 11.1 Å². The summed E-state index contributed by atoms with van der Waals surface area (Å²) in [5, 5.41) is 5.78. The van der Waals surface area contributed by atoms with E-state index in [9.17, 15) is 4.39 Å². The Morgan fingerprint density at radius 3 is 2.58 bits per heavy atom. The molecular weight excluding hydrogens is 349 g/mol. The number of hydrogen-bond acceptors (Lipinski definition) is 3. The van der Waals surface area contributed by atoms with Gasteiger partial charge in [0.2, 0.25) is 0 Å². The van der Waals surface area contributed by atoms with Crippen LogP contribution in [0.15, 0.2) is 21.2 Å². The van der Waals surface area contributed by atoms with Crippen LogP contribution in [0.3, 0.4) is 0 Å². The minimum atomic E-state index is -0.706. The van der Waals surface area contributed by atoms with Gasteiger partial charge in [-0.05, 0) is 69.6 Å². The maximum atomic E-state index is 14.6. The lowest BCUT2D eigenvalue weighted by Crippen LogP contribution is -2.49. The highest BCUT2D eigenvalue weighted by molar-refractivity contribution is 6.29. The van der Waals surface area contributed by atoms with Gasteiger partial charge in [0, 0.05) is 22.1 Å². The smallest absolute Gasteiger partial charge is 0.154 e. The van der Waals surface area contributed by atoms with Gasteiger partial charge in [0.15, 0.2) is 5.84 Å². The fourth-order valence-corrected chi connectivity index (χ4v) is 5.62. The summed E-state index contributed by atoms with van der Waals surface area (Å²) in [6.07, 6.45) is 13.3. The number of hydrogen-bond donors (Lipinski definition) is 1. The average molecular weight is 378 g/mol. The van der Waals surface area contributed by atoms with Gasteiger partial charge >= 0.3 is 0 Å². The molecule has 0 aromatic rings. The zero-order valence-corrected chi connectivity index (χ0v) is 16.1. The van der Waals surface area contributed by atoms with Crippen molar-refractivity contribution in [2.45, 2.75) is 82.8 Å². The normalized spacial score (nSPS) is 39.4. The highest BCUT2D eigenvalue weighted by Gasteiger charge is 2.55.